The molecule has 0 radical (unpaired) electrons. The largest absolute Gasteiger partial charge is 0.446 e. The predicted octanol–water partition coefficient (Wildman–Crippen LogP) is 4.61. The first-order valence-corrected chi connectivity index (χ1v) is 12.9. The van der Waals surface area contributed by atoms with Crippen molar-refractivity contribution >= 4 is 18.1 Å². The maximum absolute atomic E-state index is 12.8. The number of nitriles is 1. The molecule has 2 fully saturated rings. The van der Waals surface area contributed by atoms with Crippen LogP contribution < -0.4 is 10.6 Å². The number of isocyanates is 1. The van der Waals surface area contributed by atoms with Gasteiger partial charge < -0.3 is 20.1 Å². The second kappa shape index (κ2) is 11.6. The molecule has 0 heterocycles. The third kappa shape index (κ3) is 9.46. The SMILES string of the molecule is CC(CC(=O)NC1CC(C)(C)CC(C)(COC#N)C1)OC(=O)NC1CC(C)(C)CC(C)(CN=C=O)C1. The van der Waals surface area contributed by atoms with Crippen molar-refractivity contribution in [3.63, 3.8) is 0 Å². The molecule has 0 aliphatic heterocycles. The zero-order valence-corrected chi connectivity index (χ0v) is 23.0. The third-order valence-electron chi connectivity index (χ3n) is 7.37. The lowest BCUT2D eigenvalue weighted by atomic mass is 9.62. The van der Waals surface area contributed by atoms with Crippen LogP contribution in [-0.2, 0) is 19.1 Å². The van der Waals surface area contributed by atoms with E-state index >= 15 is 0 Å². The van der Waals surface area contributed by atoms with Gasteiger partial charge in [0.1, 0.15) is 12.7 Å². The zero-order chi connectivity index (χ0) is 27.2. The number of hydrogen-bond donors (Lipinski definition) is 2. The van der Waals surface area contributed by atoms with Crippen LogP contribution in [0, 0.1) is 33.2 Å². The van der Waals surface area contributed by atoms with Gasteiger partial charge in [-0.15, -0.1) is 0 Å². The van der Waals surface area contributed by atoms with Crippen LogP contribution in [0.3, 0.4) is 0 Å². The number of nitrogens with one attached hydrogen (secondary N) is 2. The minimum Gasteiger partial charge on any atom is -0.446 e. The first-order chi connectivity index (χ1) is 16.6. The van der Waals surface area contributed by atoms with E-state index in [-0.39, 0.29) is 46.1 Å². The lowest BCUT2D eigenvalue weighted by Gasteiger charge is -2.46. The molecular weight excluding hydrogens is 460 g/mol. The maximum Gasteiger partial charge on any atom is 0.407 e. The lowest BCUT2D eigenvalue weighted by molar-refractivity contribution is -0.124. The summed E-state index contributed by atoms with van der Waals surface area (Å²) in [5, 5.41) is 14.9. The summed E-state index contributed by atoms with van der Waals surface area (Å²) in [6, 6.07) is -0.141. The number of ether oxygens (including phenoxy) is 2. The van der Waals surface area contributed by atoms with Gasteiger partial charge in [-0.1, -0.05) is 41.5 Å². The van der Waals surface area contributed by atoms with Gasteiger partial charge in [0, 0.05) is 17.5 Å². The quantitative estimate of drug-likeness (QED) is 0.268. The van der Waals surface area contributed by atoms with E-state index in [2.05, 4.69) is 57.2 Å². The number of rotatable bonds is 9. The number of nitrogens with zero attached hydrogens (tertiary/aromatic N) is 2. The second-order valence-electron chi connectivity index (χ2n) is 13.4. The summed E-state index contributed by atoms with van der Waals surface area (Å²) < 4.78 is 10.6. The fourth-order valence-corrected chi connectivity index (χ4v) is 7.10. The highest BCUT2D eigenvalue weighted by Gasteiger charge is 2.43. The van der Waals surface area contributed by atoms with Crippen molar-refractivity contribution in [3.8, 4) is 6.26 Å². The van der Waals surface area contributed by atoms with Crippen LogP contribution in [0.25, 0.3) is 0 Å². The first kappa shape index (κ1) is 29.6. The van der Waals surface area contributed by atoms with E-state index in [1.165, 1.54) is 0 Å². The molecule has 2 N–H and O–H groups in total. The van der Waals surface area contributed by atoms with Crippen LogP contribution in [0.4, 0.5) is 4.79 Å². The Morgan fingerprint density at radius 1 is 0.972 bits per heavy atom. The summed E-state index contributed by atoms with van der Waals surface area (Å²) in [6.07, 6.45) is 7.17. The summed E-state index contributed by atoms with van der Waals surface area (Å²) >= 11 is 0. The van der Waals surface area contributed by atoms with Gasteiger partial charge in [0.05, 0.1) is 13.0 Å². The molecule has 2 rings (SSSR count). The van der Waals surface area contributed by atoms with Crippen molar-refractivity contribution in [1.82, 2.24) is 10.6 Å². The predicted molar refractivity (Wildman–Crippen MR) is 135 cm³/mol. The van der Waals surface area contributed by atoms with Crippen molar-refractivity contribution in [1.29, 1.82) is 5.26 Å². The number of aliphatic imine (C=N–C) groups is 1. The van der Waals surface area contributed by atoms with Crippen molar-refractivity contribution in [2.24, 2.45) is 26.7 Å². The summed E-state index contributed by atoms with van der Waals surface area (Å²) in [5.41, 5.74) is -0.416. The highest BCUT2D eigenvalue weighted by atomic mass is 16.6. The van der Waals surface area contributed by atoms with Gasteiger partial charge in [-0.3, -0.25) is 4.79 Å². The van der Waals surface area contributed by atoms with Gasteiger partial charge >= 0.3 is 6.09 Å². The molecule has 0 bridgehead atoms. The normalized spacial score (nSPS) is 31.6. The molecule has 2 aliphatic carbocycles. The number of amides is 2. The van der Waals surface area contributed by atoms with E-state index in [1.54, 1.807) is 19.3 Å². The molecule has 0 aromatic rings. The summed E-state index contributed by atoms with van der Waals surface area (Å²) in [5.74, 6) is -0.167. The van der Waals surface area contributed by atoms with E-state index in [1.807, 2.05) is 0 Å². The molecule has 0 saturated heterocycles. The number of carbonyl (C=O) groups is 2. The molecule has 202 valence electrons. The Bertz CT molecular complexity index is 891. The fraction of sp³-hybridized carbons (Fsp3) is 0.852. The van der Waals surface area contributed by atoms with Crippen LogP contribution in [-0.4, -0.2) is 49.4 Å². The summed E-state index contributed by atoms with van der Waals surface area (Å²) in [6.45, 7) is 15.2. The van der Waals surface area contributed by atoms with Crippen LogP contribution in [0.2, 0.25) is 0 Å². The highest BCUT2D eigenvalue weighted by Crippen LogP contribution is 2.47. The van der Waals surface area contributed by atoms with Gasteiger partial charge in [-0.2, -0.15) is 5.26 Å². The van der Waals surface area contributed by atoms with Gasteiger partial charge in [0.2, 0.25) is 12.0 Å². The van der Waals surface area contributed by atoms with Gasteiger partial charge in [-0.25, -0.2) is 14.6 Å². The minimum atomic E-state index is -0.586. The van der Waals surface area contributed by atoms with E-state index in [0.29, 0.717) is 19.6 Å². The molecule has 5 unspecified atom stereocenters. The molecule has 0 spiro atoms. The number of hydrogen-bond acceptors (Lipinski definition) is 7. The topological polar surface area (TPSA) is 130 Å². The van der Waals surface area contributed by atoms with E-state index in [0.717, 1.165) is 32.1 Å². The molecule has 2 saturated carbocycles. The lowest BCUT2D eigenvalue weighted by Crippen LogP contribution is -2.49. The molecule has 9 nitrogen and oxygen atoms in total. The van der Waals surface area contributed by atoms with Crippen LogP contribution in [0.1, 0.15) is 93.4 Å². The van der Waals surface area contributed by atoms with E-state index in [9.17, 15) is 14.4 Å². The molecule has 9 heteroatoms. The number of carbonyl (C=O) groups excluding carboxylic acids is 3. The summed E-state index contributed by atoms with van der Waals surface area (Å²) in [4.78, 5) is 39.8. The van der Waals surface area contributed by atoms with Crippen LogP contribution in [0.15, 0.2) is 4.99 Å². The second-order valence-corrected chi connectivity index (χ2v) is 13.4. The first-order valence-electron chi connectivity index (χ1n) is 12.9. The molecule has 2 amide bonds. The average Bonchev–Trinajstić information content (AvgIpc) is 2.67. The molecule has 5 atom stereocenters. The Labute approximate surface area is 215 Å². The molecule has 36 heavy (non-hydrogen) atoms. The van der Waals surface area contributed by atoms with E-state index in [4.69, 9.17) is 14.7 Å². The van der Waals surface area contributed by atoms with Gasteiger partial charge in [0.25, 0.3) is 6.26 Å². The van der Waals surface area contributed by atoms with Crippen molar-refractivity contribution in [3.05, 3.63) is 0 Å². The van der Waals surface area contributed by atoms with Crippen molar-refractivity contribution in [2.75, 3.05) is 13.2 Å². The number of alkyl carbamates (subject to hydrolysis) is 1. The Hall–Kier alpha value is -2.59. The minimum absolute atomic E-state index is 0.00503. The molecule has 2 aliphatic rings. The zero-order valence-electron chi connectivity index (χ0n) is 23.0. The molecular formula is C27H44N4O5. The van der Waals surface area contributed by atoms with Crippen LogP contribution in [0.5, 0.6) is 0 Å². The van der Waals surface area contributed by atoms with Gasteiger partial charge in [0.15, 0.2) is 0 Å². The standard InChI is InChI=1S/C27H44N4O5/c1-19(8-22(33)30-20-9-25(4,5)14-27(7,12-20)16-35-17-28)36-23(34)31-21-10-24(2,3)13-26(6,11-21)15-29-18-32/h19-21H,8-16H2,1-7H3,(H,30,33)(H,31,34). The van der Waals surface area contributed by atoms with Crippen LogP contribution >= 0.6 is 0 Å². The Morgan fingerprint density at radius 3 is 2.11 bits per heavy atom. The Morgan fingerprint density at radius 2 is 1.53 bits per heavy atom. The van der Waals surface area contributed by atoms with Crippen molar-refractivity contribution < 1.29 is 23.9 Å². The Kier molecular flexibility index (Phi) is 9.58. The third-order valence-corrected chi connectivity index (χ3v) is 7.37. The fourth-order valence-electron chi connectivity index (χ4n) is 7.10. The van der Waals surface area contributed by atoms with Crippen molar-refractivity contribution in [2.45, 2.75) is 112 Å². The monoisotopic (exact) mass is 504 g/mol. The Balaban J connectivity index is 1.87. The van der Waals surface area contributed by atoms with E-state index < -0.39 is 12.2 Å². The summed E-state index contributed by atoms with van der Waals surface area (Å²) in [7, 11) is 0. The maximum atomic E-state index is 12.8. The molecule has 0 aromatic heterocycles. The highest BCUT2D eigenvalue weighted by molar-refractivity contribution is 5.77. The smallest absolute Gasteiger partial charge is 0.407 e. The van der Waals surface area contributed by atoms with Gasteiger partial charge in [-0.05, 0) is 61.7 Å². The molecule has 0 aromatic carbocycles. The average molecular weight is 505 g/mol.